The first-order valence-electron chi connectivity index (χ1n) is 9.90. The number of benzene rings is 2. The zero-order valence-electron chi connectivity index (χ0n) is 18.1. The fourth-order valence-corrected chi connectivity index (χ4v) is 3.05. The van der Waals surface area contributed by atoms with E-state index in [9.17, 15) is 14.4 Å². The first-order valence-corrected chi connectivity index (χ1v) is 9.90. The third-order valence-electron chi connectivity index (χ3n) is 4.76. The van der Waals surface area contributed by atoms with E-state index >= 15 is 0 Å². The number of ketones is 1. The van der Waals surface area contributed by atoms with Crippen LogP contribution in [0.15, 0.2) is 60.7 Å². The second-order valence-corrected chi connectivity index (χ2v) is 6.98. The van der Waals surface area contributed by atoms with Crippen LogP contribution < -0.4 is 14.9 Å². The second kappa shape index (κ2) is 10.3. The van der Waals surface area contributed by atoms with Crippen LogP contribution in [0.1, 0.15) is 32.1 Å². The van der Waals surface area contributed by atoms with Gasteiger partial charge in [-0.05, 0) is 56.3 Å². The van der Waals surface area contributed by atoms with Gasteiger partial charge >= 0.3 is 5.97 Å². The maximum Gasteiger partial charge on any atom is 0.344 e. The lowest BCUT2D eigenvalue weighted by Crippen LogP contribution is -2.25. The van der Waals surface area contributed by atoms with Gasteiger partial charge in [-0.25, -0.2) is 4.79 Å². The first-order chi connectivity index (χ1) is 15.4. The lowest BCUT2D eigenvalue weighted by molar-refractivity contribution is -0.144. The number of nitrogens with zero attached hydrogens (tertiary/aromatic N) is 1. The van der Waals surface area contributed by atoms with Gasteiger partial charge in [0.2, 0.25) is 5.78 Å². The monoisotopic (exact) mass is 436 g/mol. The number of carbonyl (C=O) groups excluding carboxylic acids is 3. The highest BCUT2D eigenvalue weighted by Gasteiger charge is 2.19. The summed E-state index contributed by atoms with van der Waals surface area (Å²) >= 11 is 0. The molecule has 0 fully saturated rings. The van der Waals surface area contributed by atoms with Gasteiger partial charge in [-0.2, -0.15) is 0 Å². The van der Waals surface area contributed by atoms with Crippen molar-refractivity contribution < 1.29 is 28.6 Å². The van der Waals surface area contributed by atoms with Gasteiger partial charge in [-0.3, -0.25) is 19.7 Å². The van der Waals surface area contributed by atoms with Gasteiger partial charge in [-0.1, -0.05) is 18.2 Å². The van der Waals surface area contributed by atoms with Crippen molar-refractivity contribution in [3.05, 3.63) is 83.2 Å². The Kier molecular flexibility index (Phi) is 7.28. The number of hydrogen-bond donors (Lipinski definition) is 1. The average molecular weight is 436 g/mol. The fraction of sp³-hybridized carbons (Fsp3) is 0.208. The Labute approximate surface area is 185 Å². The van der Waals surface area contributed by atoms with Gasteiger partial charge in [0, 0.05) is 22.5 Å². The van der Waals surface area contributed by atoms with E-state index < -0.39 is 12.6 Å². The van der Waals surface area contributed by atoms with Crippen LogP contribution in [0.4, 0.5) is 0 Å². The third-order valence-corrected chi connectivity index (χ3v) is 4.76. The van der Waals surface area contributed by atoms with Gasteiger partial charge in [0.1, 0.15) is 11.5 Å². The number of aromatic nitrogens is 1. The predicted molar refractivity (Wildman–Crippen MR) is 118 cm³/mol. The number of methoxy groups -OCH3 is 1. The molecule has 3 aromatic rings. The van der Waals surface area contributed by atoms with Crippen LogP contribution in [-0.4, -0.2) is 42.7 Å². The van der Waals surface area contributed by atoms with Crippen molar-refractivity contribution in [2.75, 3.05) is 25.7 Å². The molecule has 1 amide bonds. The molecule has 1 heterocycles. The van der Waals surface area contributed by atoms with Gasteiger partial charge in [0.05, 0.1) is 7.11 Å². The molecule has 0 aliphatic rings. The van der Waals surface area contributed by atoms with Gasteiger partial charge in [0.15, 0.2) is 13.2 Å². The molecule has 1 N–H and O–H groups in total. The second-order valence-electron chi connectivity index (χ2n) is 6.98. The van der Waals surface area contributed by atoms with Crippen LogP contribution in [0, 0.1) is 13.8 Å². The van der Waals surface area contributed by atoms with Crippen LogP contribution in [0.5, 0.6) is 11.5 Å². The topological polar surface area (TPSA) is 95.9 Å². The number of aryl methyl sites for hydroxylation is 1. The van der Waals surface area contributed by atoms with Crippen molar-refractivity contribution in [3.63, 3.8) is 0 Å². The molecule has 0 aliphatic heterocycles. The number of hydrogen-bond acceptors (Lipinski definition) is 6. The number of carbonyl (C=O) groups is 3. The maximum atomic E-state index is 12.6. The van der Waals surface area contributed by atoms with Crippen LogP contribution >= 0.6 is 0 Å². The summed E-state index contributed by atoms with van der Waals surface area (Å²) in [5, 5.41) is 0. The van der Waals surface area contributed by atoms with Gasteiger partial charge in [-0.15, -0.1) is 0 Å². The van der Waals surface area contributed by atoms with Crippen molar-refractivity contribution in [2.45, 2.75) is 13.8 Å². The Balaban J connectivity index is 1.55. The molecule has 3 rings (SSSR count). The molecule has 0 unspecified atom stereocenters. The summed E-state index contributed by atoms with van der Waals surface area (Å²) in [6.07, 6.45) is 0. The van der Waals surface area contributed by atoms with Crippen molar-refractivity contribution in [2.24, 2.45) is 0 Å². The minimum atomic E-state index is -0.666. The Bertz CT molecular complexity index is 1100. The molecule has 0 bridgehead atoms. The highest BCUT2D eigenvalue weighted by atomic mass is 16.6. The SMILES string of the molecule is COc1ccc(OCC(=O)OCC(=O)c2cc(C)n(NC(=O)c3ccccc3)c2C)cc1. The largest absolute Gasteiger partial charge is 0.497 e. The predicted octanol–water partition coefficient (Wildman–Crippen LogP) is 3.30. The molecular weight excluding hydrogens is 412 g/mol. The average Bonchev–Trinajstić information content (AvgIpc) is 3.10. The van der Waals surface area contributed by atoms with Crippen molar-refractivity contribution in [3.8, 4) is 11.5 Å². The Morgan fingerprint density at radius 3 is 2.22 bits per heavy atom. The van der Waals surface area contributed by atoms with Crippen LogP contribution in [0.3, 0.4) is 0 Å². The molecule has 8 heteroatoms. The molecule has 2 aromatic carbocycles. The van der Waals surface area contributed by atoms with E-state index in [2.05, 4.69) is 5.43 Å². The molecule has 8 nitrogen and oxygen atoms in total. The number of esters is 1. The number of Topliss-reactive ketones (excluding diaryl/α,β-unsaturated/α-hetero) is 1. The zero-order chi connectivity index (χ0) is 23.1. The molecular formula is C24H24N2O6. The lowest BCUT2D eigenvalue weighted by atomic mass is 10.1. The molecule has 0 spiro atoms. The van der Waals surface area contributed by atoms with Gasteiger partial charge < -0.3 is 14.2 Å². The minimum absolute atomic E-state index is 0.298. The van der Waals surface area contributed by atoms with E-state index in [-0.39, 0.29) is 18.3 Å². The highest BCUT2D eigenvalue weighted by Crippen LogP contribution is 2.17. The normalized spacial score (nSPS) is 10.3. The summed E-state index contributed by atoms with van der Waals surface area (Å²) in [6.45, 7) is 2.72. The first kappa shape index (κ1) is 22.6. The minimum Gasteiger partial charge on any atom is -0.497 e. The molecule has 32 heavy (non-hydrogen) atoms. The fourth-order valence-electron chi connectivity index (χ4n) is 3.05. The lowest BCUT2D eigenvalue weighted by Gasteiger charge is -2.12. The van der Waals surface area contributed by atoms with E-state index in [0.29, 0.717) is 34.0 Å². The Morgan fingerprint density at radius 1 is 0.906 bits per heavy atom. The standard InChI is InChI=1S/C24H24N2O6/c1-16-13-21(17(2)26(16)25-24(29)18-7-5-4-6-8-18)22(27)14-32-23(28)15-31-20-11-9-19(30-3)10-12-20/h4-13H,14-15H2,1-3H3,(H,25,29). The quantitative estimate of drug-likeness (QED) is 0.408. The van der Waals surface area contributed by atoms with E-state index in [0.717, 1.165) is 0 Å². The summed E-state index contributed by atoms with van der Waals surface area (Å²) in [4.78, 5) is 37.0. The summed E-state index contributed by atoms with van der Waals surface area (Å²) < 4.78 is 17.0. The molecule has 1 aromatic heterocycles. The van der Waals surface area contributed by atoms with Gasteiger partial charge in [0.25, 0.3) is 5.91 Å². The molecule has 166 valence electrons. The summed E-state index contributed by atoms with van der Waals surface area (Å²) in [5.41, 5.74) is 4.84. The Morgan fingerprint density at radius 2 is 1.56 bits per heavy atom. The number of amides is 1. The number of rotatable bonds is 9. The Hall–Kier alpha value is -4.07. The molecule has 0 atom stereocenters. The van der Waals surface area contributed by atoms with E-state index in [1.165, 1.54) is 4.68 Å². The number of ether oxygens (including phenoxy) is 3. The van der Waals surface area contributed by atoms with Crippen LogP contribution in [0.25, 0.3) is 0 Å². The van der Waals surface area contributed by atoms with Crippen molar-refractivity contribution >= 4 is 17.7 Å². The molecule has 0 aliphatic carbocycles. The molecule has 0 saturated heterocycles. The third kappa shape index (κ3) is 5.54. The molecule has 0 saturated carbocycles. The highest BCUT2D eigenvalue weighted by molar-refractivity contribution is 6.01. The maximum absolute atomic E-state index is 12.6. The van der Waals surface area contributed by atoms with E-state index in [1.807, 2.05) is 6.07 Å². The van der Waals surface area contributed by atoms with E-state index in [4.69, 9.17) is 14.2 Å². The zero-order valence-corrected chi connectivity index (χ0v) is 18.1. The smallest absolute Gasteiger partial charge is 0.344 e. The summed E-state index contributed by atoms with van der Waals surface area (Å²) in [6, 6.07) is 17.1. The van der Waals surface area contributed by atoms with E-state index in [1.54, 1.807) is 75.6 Å². The summed E-state index contributed by atoms with van der Waals surface area (Å²) in [5.74, 6) is -0.195. The summed E-state index contributed by atoms with van der Waals surface area (Å²) in [7, 11) is 1.55. The number of nitrogens with one attached hydrogen (secondary N) is 1. The molecule has 0 radical (unpaired) electrons. The van der Waals surface area contributed by atoms with Crippen molar-refractivity contribution in [1.82, 2.24) is 4.68 Å². The van der Waals surface area contributed by atoms with Crippen LogP contribution in [-0.2, 0) is 9.53 Å². The van der Waals surface area contributed by atoms with Crippen LogP contribution in [0.2, 0.25) is 0 Å². The van der Waals surface area contributed by atoms with Crippen molar-refractivity contribution in [1.29, 1.82) is 0 Å².